The number of hydrogen-bond acceptors (Lipinski definition) is 2. The molecule has 1 unspecified atom stereocenters. The van der Waals surface area contributed by atoms with Crippen LogP contribution in [-0.4, -0.2) is 22.3 Å². The van der Waals surface area contributed by atoms with Crippen LogP contribution >= 0.6 is 0 Å². The molecule has 0 radical (unpaired) electrons. The third-order valence-corrected chi connectivity index (χ3v) is 6.81. The number of carbonyl (C=O) groups is 1. The monoisotopic (exact) mass is 486 g/mol. The van der Waals surface area contributed by atoms with E-state index in [1.165, 1.54) is 122 Å². The molecule has 0 amide bonds. The Morgan fingerprint density at radius 1 is 0.714 bits per heavy atom. The summed E-state index contributed by atoms with van der Waals surface area (Å²) in [5, 5.41) is 17.7. The summed E-state index contributed by atoms with van der Waals surface area (Å²) in [6, 6.07) is 0. The SMILES string of the molecule is C#C[C@H](O)CCCCCCCCCCC(C)CCCCCCCCCCCC/C=C\C#CC(=O)O. The lowest BCUT2D eigenvalue weighted by Gasteiger charge is -2.11. The van der Waals surface area contributed by atoms with Crippen LogP contribution in [0.5, 0.6) is 0 Å². The van der Waals surface area contributed by atoms with Gasteiger partial charge in [0, 0.05) is 5.92 Å². The maximum Gasteiger partial charge on any atom is 0.382 e. The van der Waals surface area contributed by atoms with E-state index in [9.17, 15) is 9.90 Å². The van der Waals surface area contributed by atoms with Crippen LogP contribution in [0.15, 0.2) is 12.2 Å². The highest BCUT2D eigenvalue weighted by Crippen LogP contribution is 2.19. The summed E-state index contributed by atoms with van der Waals surface area (Å²) < 4.78 is 0. The van der Waals surface area contributed by atoms with Gasteiger partial charge in [-0.25, -0.2) is 4.79 Å². The molecule has 2 N–H and O–H groups in total. The predicted molar refractivity (Wildman–Crippen MR) is 150 cm³/mol. The van der Waals surface area contributed by atoms with Gasteiger partial charge in [0.1, 0.15) is 6.10 Å². The zero-order valence-electron chi connectivity index (χ0n) is 22.7. The number of unbranched alkanes of at least 4 members (excludes halogenated alkanes) is 17. The topological polar surface area (TPSA) is 57.5 Å². The second-order valence-electron chi connectivity index (χ2n) is 10.3. The molecular weight excluding hydrogens is 432 g/mol. The van der Waals surface area contributed by atoms with E-state index in [1.807, 2.05) is 6.08 Å². The number of carboxylic acids is 1. The van der Waals surface area contributed by atoms with Crippen LogP contribution in [0.4, 0.5) is 0 Å². The van der Waals surface area contributed by atoms with E-state index < -0.39 is 12.1 Å². The smallest absolute Gasteiger partial charge is 0.382 e. The van der Waals surface area contributed by atoms with Gasteiger partial charge in [-0.1, -0.05) is 140 Å². The molecule has 200 valence electrons. The Bertz CT molecular complexity index is 605. The van der Waals surface area contributed by atoms with E-state index in [0.717, 1.165) is 25.2 Å². The van der Waals surface area contributed by atoms with E-state index in [0.29, 0.717) is 0 Å². The maximum absolute atomic E-state index is 10.3. The zero-order chi connectivity index (χ0) is 25.8. The first-order chi connectivity index (χ1) is 17.1. The highest BCUT2D eigenvalue weighted by atomic mass is 16.4. The molecule has 0 aromatic rings. The van der Waals surface area contributed by atoms with Gasteiger partial charge in [-0.15, -0.1) is 6.42 Å². The molecule has 0 aromatic heterocycles. The number of aliphatic hydroxyl groups is 1. The molecule has 0 spiro atoms. The number of carboxylic acid groups (broad SMARTS) is 1. The van der Waals surface area contributed by atoms with Crippen molar-refractivity contribution in [2.75, 3.05) is 0 Å². The fourth-order valence-electron chi connectivity index (χ4n) is 4.53. The molecule has 0 aliphatic carbocycles. The average molecular weight is 487 g/mol. The molecule has 0 bridgehead atoms. The first kappa shape index (κ1) is 33.3. The molecule has 35 heavy (non-hydrogen) atoms. The van der Waals surface area contributed by atoms with Crippen molar-refractivity contribution in [3.8, 4) is 24.2 Å². The first-order valence-corrected chi connectivity index (χ1v) is 14.6. The summed E-state index contributed by atoms with van der Waals surface area (Å²) in [7, 11) is 0. The lowest BCUT2D eigenvalue weighted by atomic mass is 9.95. The van der Waals surface area contributed by atoms with Gasteiger partial charge in [-0.3, -0.25) is 0 Å². The van der Waals surface area contributed by atoms with Gasteiger partial charge in [0.2, 0.25) is 0 Å². The second kappa shape index (κ2) is 26.9. The third kappa shape index (κ3) is 28.4. The molecule has 0 heterocycles. The minimum absolute atomic E-state index is 0.542. The van der Waals surface area contributed by atoms with Crippen molar-refractivity contribution in [2.24, 2.45) is 5.92 Å². The zero-order valence-corrected chi connectivity index (χ0v) is 22.7. The maximum atomic E-state index is 10.3. The number of rotatable bonds is 24. The number of terminal acetylenes is 1. The Labute approximate surface area is 217 Å². The van der Waals surface area contributed by atoms with Gasteiger partial charge in [0.05, 0.1) is 0 Å². The molecule has 0 aliphatic rings. The fourth-order valence-corrected chi connectivity index (χ4v) is 4.53. The first-order valence-electron chi connectivity index (χ1n) is 14.6. The van der Waals surface area contributed by atoms with Crippen molar-refractivity contribution in [3.05, 3.63) is 12.2 Å². The van der Waals surface area contributed by atoms with Crippen molar-refractivity contribution < 1.29 is 15.0 Å². The van der Waals surface area contributed by atoms with Crippen molar-refractivity contribution >= 4 is 5.97 Å². The van der Waals surface area contributed by atoms with E-state index in [1.54, 1.807) is 6.08 Å². The van der Waals surface area contributed by atoms with Crippen LogP contribution in [0, 0.1) is 30.1 Å². The standard InChI is InChI=1S/C32H54O3/c1-3-31(33)28-24-20-16-13-12-15-19-23-27-30(2)26-22-18-14-10-8-6-4-5-7-9-11-17-21-25-29-32(34)35/h1,17,21,30-31,33H,4-16,18-20,22-24,26-28H2,2H3,(H,34,35)/b21-17-/t30?,31-/m0/s1. The number of aliphatic carboxylic acids is 1. The van der Waals surface area contributed by atoms with Crippen molar-refractivity contribution in [1.29, 1.82) is 0 Å². The summed E-state index contributed by atoms with van der Waals surface area (Å²) in [6.07, 6.45) is 36.6. The van der Waals surface area contributed by atoms with Crippen LogP contribution in [0.3, 0.4) is 0 Å². The lowest BCUT2D eigenvalue weighted by molar-refractivity contribution is -0.130. The molecule has 0 saturated carbocycles. The minimum atomic E-state index is -1.07. The summed E-state index contributed by atoms with van der Waals surface area (Å²) in [5.41, 5.74) is 0. The van der Waals surface area contributed by atoms with Gasteiger partial charge >= 0.3 is 5.97 Å². The highest BCUT2D eigenvalue weighted by Gasteiger charge is 2.03. The Kier molecular flexibility index (Phi) is 25.6. The molecule has 0 aliphatic heterocycles. The van der Waals surface area contributed by atoms with E-state index in [2.05, 4.69) is 24.7 Å². The Hall–Kier alpha value is -1.71. The van der Waals surface area contributed by atoms with Gasteiger partial charge in [-0.2, -0.15) is 0 Å². The summed E-state index contributed by atoms with van der Waals surface area (Å²) >= 11 is 0. The molecule has 0 rings (SSSR count). The van der Waals surface area contributed by atoms with Crippen LogP contribution < -0.4 is 0 Å². The largest absolute Gasteiger partial charge is 0.472 e. The highest BCUT2D eigenvalue weighted by molar-refractivity contribution is 5.86. The van der Waals surface area contributed by atoms with Crippen molar-refractivity contribution in [2.45, 2.75) is 154 Å². The van der Waals surface area contributed by atoms with Gasteiger partial charge in [0.15, 0.2) is 0 Å². The molecule has 0 saturated heterocycles. The summed E-state index contributed by atoms with van der Waals surface area (Å²) in [5.74, 6) is 6.80. The quantitative estimate of drug-likeness (QED) is 0.106. The van der Waals surface area contributed by atoms with Gasteiger partial charge < -0.3 is 10.2 Å². The Morgan fingerprint density at radius 3 is 1.54 bits per heavy atom. The van der Waals surface area contributed by atoms with Crippen LogP contribution in [0.25, 0.3) is 0 Å². The number of hydrogen-bond donors (Lipinski definition) is 2. The normalized spacial score (nSPS) is 12.7. The predicted octanol–water partition coefficient (Wildman–Crippen LogP) is 8.84. The molecular formula is C32H54O3. The average Bonchev–Trinajstić information content (AvgIpc) is 2.84. The summed E-state index contributed by atoms with van der Waals surface area (Å²) in [6.45, 7) is 2.43. The van der Waals surface area contributed by atoms with E-state index in [-0.39, 0.29) is 0 Å². The molecule has 2 atom stereocenters. The van der Waals surface area contributed by atoms with Crippen LogP contribution in [0.1, 0.15) is 148 Å². The van der Waals surface area contributed by atoms with Crippen LogP contribution in [0.2, 0.25) is 0 Å². The number of allylic oxidation sites excluding steroid dienone is 2. The minimum Gasteiger partial charge on any atom is -0.472 e. The van der Waals surface area contributed by atoms with E-state index >= 15 is 0 Å². The third-order valence-electron chi connectivity index (χ3n) is 6.81. The molecule has 0 aromatic carbocycles. The van der Waals surface area contributed by atoms with E-state index in [4.69, 9.17) is 11.5 Å². The van der Waals surface area contributed by atoms with Crippen LogP contribution in [-0.2, 0) is 4.79 Å². The molecule has 0 fully saturated rings. The molecule has 3 nitrogen and oxygen atoms in total. The Balaban J connectivity index is 3.25. The molecule has 3 heteroatoms. The number of aliphatic hydroxyl groups excluding tert-OH is 1. The van der Waals surface area contributed by atoms with Gasteiger partial charge in [0.25, 0.3) is 0 Å². The van der Waals surface area contributed by atoms with Gasteiger partial charge in [-0.05, 0) is 37.7 Å². The second-order valence-corrected chi connectivity index (χ2v) is 10.3. The summed E-state index contributed by atoms with van der Waals surface area (Å²) in [4.78, 5) is 10.3. The lowest BCUT2D eigenvalue weighted by Crippen LogP contribution is -2.01. The van der Waals surface area contributed by atoms with Crippen molar-refractivity contribution in [3.63, 3.8) is 0 Å². The Morgan fingerprint density at radius 2 is 1.11 bits per heavy atom. The van der Waals surface area contributed by atoms with Crippen molar-refractivity contribution in [1.82, 2.24) is 0 Å². The fraction of sp³-hybridized carbons (Fsp3) is 0.781.